The van der Waals surface area contributed by atoms with E-state index in [0.29, 0.717) is 31.0 Å². The Kier molecular flexibility index (Phi) is 4.73. The van der Waals surface area contributed by atoms with E-state index in [1.165, 1.54) is 0 Å². The summed E-state index contributed by atoms with van der Waals surface area (Å²) < 4.78 is 17.1. The first kappa shape index (κ1) is 16.1. The Balaban J connectivity index is 1.76. The molecule has 6 heteroatoms. The van der Waals surface area contributed by atoms with Crippen LogP contribution in [-0.4, -0.2) is 37.4 Å². The van der Waals surface area contributed by atoms with Crippen LogP contribution in [-0.2, 0) is 16.0 Å². The van der Waals surface area contributed by atoms with Crippen molar-refractivity contribution in [3.05, 3.63) is 17.7 Å². The molecule has 0 spiro atoms. The maximum atomic E-state index is 12.4. The van der Waals surface area contributed by atoms with Gasteiger partial charge in [0.1, 0.15) is 23.7 Å². The monoisotopic (exact) mass is 320 g/mol. The lowest BCUT2D eigenvalue weighted by molar-refractivity contribution is -0.126. The second kappa shape index (κ2) is 6.76. The SMILES string of the molecule is CCOc1cc2c(cc1NC(=O)[C@@H]1CC[C@H](CN)O1)OC(C)C2. The Bertz CT molecular complexity index is 590. The van der Waals surface area contributed by atoms with Gasteiger partial charge in [0.2, 0.25) is 0 Å². The lowest BCUT2D eigenvalue weighted by Crippen LogP contribution is -2.30. The van der Waals surface area contributed by atoms with Gasteiger partial charge in [-0.3, -0.25) is 4.79 Å². The van der Waals surface area contributed by atoms with Gasteiger partial charge < -0.3 is 25.3 Å². The Hall–Kier alpha value is -1.79. The fourth-order valence-corrected chi connectivity index (χ4v) is 3.10. The fraction of sp³-hybridized carbons (Fsp3) is 0.588. The number of anilines is 1. The number of amides is 1. The van der Waals surface area contributed by atoms with Gasteiger partial charge >= 0.3 is 0 Å². The van der Waals surface area contributed by atoms with Gasteiger partial charge in [0, 0.05) is 24.6 Å². The highest BCUT2D eigenvalue weighted by Gasteiger charge is 2.31. The van der Waals surface area contributed by atoms with Crippen LogP contribution in [0.2, 0.25) is 0 Å². The minimum Gasteiger partial charge on any atom is -0.492 e. The standard InChI is InChI=1S/C17H24N2O4/c1-3-21-16-7-11-6-10(2)22-15(11)8-13(16)19-17(20)14-5-4-12(9-18)23-14/h7-8,10,12,14H,3-6,9,18H2,1-2H3,(H,19,20)/t10?,12-,14+/m1/s1. The summed E-state index contributed by atoms with van der Waals surface area (Å²) in [6.07, 6.45) is 2.03. The van der Waals surface area contributed by atoms with Crippen molar-refractivity contribution in [3.8, 4) is 11.5 Å². The Morgan fingerprint density at radius 3 is 2.96 bits per heavy atom. The molecule has 1 amide bonds. The summed E-state index contributed by atoms with van der Waals surface area (Å²) in [6, 6.07) is 3.80. The summed E-state index contributed by atoms with van der Waals surface area (Å²) in [5.41, 5.74) is 7.33. The van der Waals surface area contributed by atoms with Crippen molar-refractivity contribution in [1.82, 2.24) is 0 Å². The van der Waals surface area contributed by atoms with Gasteiger partial charge in [0.05, 0.1) is 18.4 Å². The number of nitrogens with two attached hydrogens (primary N) is 1. The van der Waals surface area contributed by atoms with E-state index in [1.807, 2.05) is 26.0 Å². The van der Waals surface area contributed by atoms with Crippen molar-refractivity contribution < 1.29 is 19.0 Å². The number of hydrogen-bond acceptors (Lipinski definition) is 5. The van der Waals surface area contributed by atoms with Crippen molar-refractivity contribution in [2.45, 2.75) is 51.4 Å². The summed E-state index contributed by atoms with van der Waals surface area (Å²) >= 11 is 0. The van der Waals surface area contributed by atoms with E-state index in [-0.39, 0.29) is 18.1 Å². The number of ether oxygens (including phenoxy) is 3. The average molecular weight is 320 g/mol. The number of benzene rings is 1. The first-order valence-electron chi connectivity index (χ1n) is 8.23. The first-order valence-corrected chi connectivity index (χ1v) is 8.23. The second-order valence-corrected chi connectivity index (χ2v) is 6.07. The first-order chi connectivity index (χ1) is 11.1. The van der Waals surface area contributed by atoms with E-state index >= 15 is 0 Å². The average Bonchev–Trinajstić information content (AvgIpc) is 3.13. The number of nitrogens with one attached hydrogen (secondary N) is 1. The Morgan fingerprint density at radius 2 is 2.26 bits per heavy atom. The molecule has 3 N–H and O–H groups in total. The van der Waals surface area contributed by atoms with Gasteiger partial charge in [-0.25, -0.2) is 0 Å². The summed E-state index contributed by atoms with van der Waals surface area (Å²) in [5, 5.41) is 2.92. The van der Waals surface area contributed by atoms with Crippen LogP contribution in [0.1, 0.15) is 32.3 Å². The third-order valence-corrected chi connectivity index (χ3v) is 4.22. The van der Waals surface area contributed by atoms with Gasteiger partial charge in [-0.05, 0) is 32.8 Å². The molecule has 2 aliphatic heterocycles. The van der Waals surface area contributed by atoms with Crippen LogP contribution in [0.15, 0.2) is 12.1 Å². The topological polar surface area (TPSA) is 82.8 Å². The number of carbonyl (C=O) groups is 1. The highest BCUT2D eigenvalue weighted by atomic mass is 16.5. The van der Waals surface area contributed by atoms with E-state index in [4.69, 9.17) is 19.9 Å². The molecule has 2 heterocycles. The molecular weight excluding hydrogens is 296 g/mol. The zero-order valence-corrected chi connectivity index (χ0v) is 13.6. The highest BCUT2D eigenvalue weighted by Crippen LogP contribution is 2.38. The van der Waals surface area contributed by atoms with Crippen LogP contribution in [0.5, 0.6) is 11.5 Å². The third-order valence-electron chi connectivity index (χ3n) is 4.22. The van der Waals surface area contributed by atoms with Crippen LogP contribution in [0.3, 0.4) is 0 Å². The number of hydrogen-bond donors (Lipinski definition) is 2. The number of rotatable bonds is 5. The zero-order valence-electron chi connectivity index (χ0n) is 13.6. The van der Waals surface area contributed by atoms with Gasteiger partial charge in [0.25, 0.3) is 5.91 Å². The molecule has 2 aliphatic rings. The van der Waals surface area contributed by atoms with Crippen LogP contribution in [0.25, 0.3) is 0 Å². The lowest BCUT2D eigenvalue weighted by Gasteiger charge is -2.16. The van der Waals surface area contributed by atoms with E-state index in [1.54, 1.807) is 0 Å². The lowest BCUT2D eigenvalue weighted by atomic mass is 10.1. The molecule has 0 aromatic heterocycles. The fourth-order valence-electron chi connectivity index (χ4n) is 3.10. The Labute approximate surface area is 136 Å². The minimum atomic E-state index is -0.453. The van der Waals surface area contributed by atoms with E-state index in [9.17, 15) is 4.79 Å². The normalized spacial score (nSPS) is 25.8. The molecule has 3 rings (SSSR count). The maximum absolute atomic E-state index is 12.4. The maximum Gasteiger partial charge on any atom is 0.253 e. The molecule has 1 fully saturated rings. The van der Waals surface area contributed by atoms with Gasteiger partial charge in [-0.15, -0.1) is 0 Å². The van der Waals surface area contributed by atoms with Crippen molar-refractivity contribution in [2.75, 3.05) is 18.5 Å². The van der Waals surface area contributed by atoms with E-state index in [2.05, 4.69) is 5.32 Å². The van der Waals surface area contributed by atoms with Crippen molar-refractivity contribution in [3.63, 3.8) is 0 Å². The Morgan fingerprint density at radius 1 is 1.43 bits per heavy atom. The minimum absolute atomic E-state index is 0.0266. The van der Waals surface area contributed by atoms with Crippen molar-refractivity contribution in [2.24, 2.45) is 5.73 Å². The summed E-state index contributed by atoms with van der Waals surface area (Å²) in [5.74, 6) is 1.32. The van der Waals surface area contributed by atoms with E-state index < -0.39 is 6.10 Å². The number of fused-ring (bicyclic) bond motifs is 1. The second-order valence-electron chi connectivity index (χ2n) is 6.07. The van der Waals surface area contributed by atoms with Crippen molar-refractivity contribution >= 4 is 11.6 Å². The molecule has 1 unspecified atom stereocenters. The molecule has 1 aromatic carbocycles. The largest absolute Gasteiger partial charge is 0.492 e. The third kappa shape index (κ3) is 3.43. The van der Waals surface area contributed by atoms with Crippen LogP contribution < -0.4 is 20.5 Å². The highest BCUT2D eigenvalue weighted by molar-refractivity contribution is 5.96. The molecule has 126 valence electrons. The molecule has 23 heavy (non-hydrogen) atoms. The molecular formula is C17H24N2O4. The van der Waals surface area contributed by atoms with Crippen molar-refractivity contribution in [1.29, 1.82) is 0 Å². The number of carbonyl (C=O) groups excluding carboxylic acids is 1. The smallest absolute Gasteiger partial charge is 0.253 e. The summed E-state index contributed by atoms with van der Waals surface area (Å²) in [6.45, 7) is 4.92. The summed E-state index contributed by atoms with van der Waals surface area (Å²) in [7, 11) is 0. The molecule has 6 nitrogen and oxygen atoms in total. The molecule has 1 aromatic rings. The van der Waals surface area contributed by atoms with Gasteiger partial charge in [-0.2, -0.15) is 0 Å². The zero-order chi connectivity index (χ0) is 16.4. The van der Waals surface area contributed by atoms with Crippen LogP contribution >= 0.6 is 0 Å². The molecule has 0 radical (unpaired) electrons. The molecule has 3 atom stereocenters. The predicted molar refractivity (Wildman–Crippen MR) is 87.0 cm³/mol. The van der Waals surface area contributed by atoms with Gasteiger partial charge in [-0.1, -0.05) is 0 Å². The molecule has 0 aliphatic carbocycles. The molecule has 0 bridgehead atoms. The van der Waals surface area contributed by atoms with Crippen LogP contribution in [0.4, 0.5) is 5.69 Å². The predicted octanol–water partition coefficient (Wildman–Crippen LogP) is 1.85. The van der Waals surface area contributed by atoms with Gasteiger partial charge in [0.15, 0.2) is 0 Å². The van der Waals surface area contributed by atoms with E-state index in [0.717, 1.165) is 24.2 Å². The molecule has 1 saturated heterocycles. The van der Waals surface area contributed by atoms with Crippen LogP contribution in [0, 0.1) is 0 Å². The molecule has 0 saturated carbocycles. The summed E-state index contributed by atoms with van der Waals surface area (Å²) in [4.78, 5) is 12.4. The quantitative estimate of drug-likeness (QED) is 0.865.